The highest BCUT2D eigenvalue weighted by molar-refractivity contribution is 7.99. The average Bonchev–Trinajstić information content (AvgIpc) is 2.78. The highest BCUT2D eigenvalue weighted by Crippen LogP contribution is 2.26. The monoisotopic (exact) mass is 266 g/mol. The standard InChI is InChI=1S/C13H18N2S2/c1-2-16-9-11(15-14)7-10-8-17-13-6-4-3-5-12(10)13/h3-6,8,11,15H,2,7,9,14H2,1H3. The van der Waals surface area contributed by atoms with Crippen molar-refractivity contribution in [2.45, 2.75) is 19.4 Å². The summed E-state index contributed by atoms with van der Waals surface area (Å²) in [6, 6.07) is 8.92. The van der Waals surface area contributed by atoms with Gasteiger partial charge in [0.15, 0.2) is 0 Å². The molecule has 0 saturated heterocycles. The quantitative estimate of drug-likeness (QED) is 0.623. The predicted molar refractivity (Wildman–Crippen MR) is 79.6 cm³/mol. The molecular weight excluding hydrogens is 248 g/mol. The lowest BCUT2D eigenvalue weighted by Gasteiger charge is -2.14. The molecule has 0 bridgehead atoms. The number of benzene rings is 1. The van der Waals surface area contributed by atoms with Gasteiger partial charge in [0.25, 0.3) is 0 Å². The van der Waals surface area contributed by atoms with Crippen LogP contribution in [0.2, 0.25) is 0 Å². The summed E-state index contributed by atoms with van der Waals surface area (Å²) in [6.45, 7) is 2.18. The summed E-state index contributed by atoms with van der Waals surface area (Å²) < 4.78 is 1.36. The van der Waals surface area contributed by atoms with Gasteiger partial charge in [0, 0.05) is 16.5 Å². The van der Waals surface area contributed by atoms with E-state index in [9.17, 15) is 0 Å². The Labute approximate surface area is 111 Å². The number of rotatable bonds is 6. The van der Waals surface area contributed by atoms with Crippen molar-refractivity contribution in [3.05, 3.63) is 35.2 Å². The molecule has 1 atom stereocenters. The summed E-state index contributed by atoms with van der Waals surface area (Å²) in [5.74, 6) is 7.82. The van der Waals surface area contributed by atoms with Gasteiger partial charge in [-0.15, -0.1) is 11.3 Å². The fourth-order valence-electron chi connectivity index (χ4n) is 1.88. The first-order valence-electron chi connectivity index (χ1n) is 5.84. The maximum absolute atomic E-state index is 5.61. The van der Waals surface area contributed by atoms with Crippen LogP contribution in [0.3, 0.4) is 0 Å². The second-order valence-electron chi connectivity index (χ2n) is 3.98. The topological polar surface area (TPSA) is 38.0 Å². The molecule has 0 amide bonds. The second kappa shape index (κ2) is 6.40. The van der Waals surface area contributed by atoms with E-state index < -0.39 is 0 Å². The SMILES string of the molecule is CCSCC(Cc1csc2ccccc12)NN. The third-order valence-corrected chi connectivity index (χ3v) is 4.84. The Bertz CT molecular complexity index is 467. The number of hydrazine groups is 1. The molecule has 0 aliphatic carbocycles. The predicted octanol–water partition coefficient (Wildman–Crippen LogP) is 3.03. The molecule has 3 N–H and O–H groups in total. The van der Waals surface area contributed by atoms with Crippen LogP contribution >= 0.6 is 23.1 Å². The van der Waals surface area contributed by atoms with E-state index in [1.165, 1.54) is 15.6 Å². The lowest BCUT2D eigenvalue weighted by molar-refractivity contribution is 0.577. The van der Waals surface area contributed by atoms with Gasteiger partial charge in [-0.25, -0.2) is 0 Å². The first kappa shape index (κ1) is 12.9. The third kappa shape index (κ3) is 3.22. The first-order valence-corrected chi connectivity index (χ1v) is 7.87. The zero-order valence-corrected chi connectivity index (χ0v) is 11.6. The normalized spacial score (nSPS) is 13.1. The van der Waals surface area contributed by atoms with Gasteiger partial charge in [-0.2, -0.15) is 11.8 Å². The van der Waals surface area contributed by atoms with Crippen molar-refractivity contribution in [3.63, 3.8) is 0 Å². The van der Waals surface area contributed by atoms with Crippen LogP contribution < -0.4 is 11.3 Å². The largest absolute Gasteiger partial charge is 0.271 e. The summed E-state index contributed by atoms with van der Waals surface area (Å²) in [7, 11) is 0. The molecule has 2 nitrogen and oxygen atoms in total. The highest BCUT2D eigenvalue weighted by Gasteiger charge is 2.10. The van der Waals surface area contributed by atoms with E-state index in [0.717, 1.165) is 17.9 Å². The second-order valence-corrected chi connectivity index (χ2v) is 6.21. The molecule has 1 aromatic carbocycles. The Morgan fingerprint density at radius 1 is 1.41 bits per heavy atom. The van der Waals surface area contributed by atoms with Gasteiger partial charge in [0.1, 0.15) is 0 Å². The summed E-state index contributed by atoms with van der Waals surface area (Å²) in [6.07, 6.45) is 1.01. The van der Waals surface area contributed by atoms with Gasteiger partial charge in [0.05, 0.1) is 0 Å². The summed E-state index contributed by atoms with van der Waals surface area (Å²) >= 11 is 3.74. The van der Waals surface area contributed by atoms with E-state index >= 15 is 0 Å². The van der Waals surface area contributed by atoms with E-state index in [4.69, 9.17) is 5.84 Å². The number of hydrogen-bond donors (Lipinski definition) is 2. The molecule has 92 valence electrons. The molecule has 1 aromatic heterocycles. The molecule has 0 fully saturated rings. The average molecular weight is 266 g/mol. The zero-order valence-electron chi connectivity index (χ0n) is 9.98. The van der Waals surface area contributed by atoms with E-state index in [1.807, 2.05) is 23.1 Å². The number of hydrogen-bond acceptors (Lipinski definition) is 4. The number of nitrogens with one attached hydrogen (secondary N) is 1. The van der Waals surface area contributed by atoms with E-state index in [0.29, 0.717) is 6.04 Å². The highest BCUT2D eigenvalue weighted by atomic mass is 32.2. The Kier molecular flexibility index (Phi) is 4.86. The minimum Gasteiger partial charge on any atom is -0.271 e. The van der Waals surface area contributed by atoms with Gasteiger partial charge < -0.3 is 0 Å². The number of thiophene rings is 1. The number of thioether (sulfide) groups is 1. The van der Waals surface area contributed by atoms with Gasteiger partial charge in [-0.05, 0) is 34.6 Å². The zero-order chi connectivity index (χ0) is 12.1. The Morgan fingerprint density at radius 2 is 2.24 bits per heavy atom. The fraction of sp³-hybridized carbons (Fsp3) is 0.385. The third-order valence-electron chi connectivity index (χ3n) is 2.79. The summed E-state index contributed by atoms with van der Waals surface area (Å²) in [4.78, 5) is 0. The van der Waals surface area contributed by atoms with Crippen molar-refractivity contribution in [1.29, 1.82) is 0 Å². The Morgan fingerprint density at radius 3 is 3.00 bits per heavy atom. The first-order chi connectivity index (χ1) is 8.35. The van der Waals surface area contributed by atoms with Crippen LogP contribution in [0.5, 0.6) is 0 Å². The molecule has 17 heavy (non-hydrogen) atoms. The van der Waals surface area contributed by atoms with Gasteiger partial charge in [0.2, 0.25) is 0 Å². The van der Waals surface area contributed by atoms with Crippen molar-refractivity contribution in [1.82, 2.24) is 5.43 Å². The summed E-state index contributed by atoms with van der Waals surface area (Å²) in [5, 5.41) is 3.63. The van der Waals surface area contributed by atoms with Gasteiger partial charge in [-0.1, -0.05) is 25.1 Å². The minimum atomic E-state index is 0.359. The molecule has 0 spiro atoms. The molecule has 0 radical (unpaired) electrons. The Balaban J connectivity index is 2.11. The van der Waals surface area contributed by atoms with E-state index in [1.54, 1.807) is 0 Å². The van der Waals surface area contributed by atoms with E-state index in [-0.39, 0.29) is 0 Å². The van der Waals surface area contributed by atoms with E-state index in [2.05, 4.69) is 42.0 Å². The van der Waals surface area contributed by atoms with Crippen molar-refractivity contribution in [3.8, 4) is 0 Å². The molecule has 2 aromatic rings. The van der Waals surface area contributed by atoms with Crippen LogP contribution in [0, 0.1) is 0 Å². The van der Waals surface area contributed by atoms with Crippen LogP contribution in [0.4, 0.5) is 0 Å². The Hall–Kier alpha value is -0.550. The van der Waals surface area contributed by atoms with Crippen LogP contribution in [0.1, 0.15) is 12.5 Å². The number of fused-ring (bicyclic) bond motifs is 1. The van der Waals surface area contributed by atoms with Crippen molar-refractivity contribution in [2.75, 3.05) is 11.5 Å². The summed E-state index contributed by atoms with van der Waals surface area (Å²) in [5.41, 5.74) is 4.33. The van der Waals surface area contributed by atoms with Crippen LogP contribution in [-0.2, 0) is 6.42 Å². The van der Waals surface area contributed by atoms with Crippen molar-refractivity contribution >= 4 is 33.2 Å². The van der Waals surface area contributed by atoms with Crippen LogP contribution in [-0.4, -0.2) is 17.5 Å². The van der Waals surface area contributed by atoms with Crippen molar-refractivity contribution in [2.24, 2.45) is 5.84 Å². The van der Waals surface area contributed by atoms with Crippen LogP contribution in [0.15, 0.2) is 29.6 Å². The lowest BCUT2D eigenvalue weighted by atomic mass is 10.1. The molecule has 0 aliphatic rings. The molecule has 0 saturated carbocycles. The molecule has 1 unspecified atom stereocenters. The van der Waals surface area contributed by atoms with Crippen molar-refractivity contribution < 1.29 is 0 Å². The molecule has 0 aliphatic heterocycles. The lowest BCUT2D eigenvalue weighted by Crippen LogP contribution is -2.38. The maximum atomic E-state index is 5.61. The molecule has 1 heterocycles. The molecule has 4 heteroatoms. The smallest absolute Gasteiger partial charge is 0.0345 e. The van der Waals surface area contributed by atoms with Crippen LogP contribution in [0.25, 0.3) is 10.1 Å². The van der Waals surface area contributed by atoms with Gasteiger partial charge >= 0.3 is 0 Å². The molecule has 2 rings (SSSR count). The fourth-order valence-corrected chi connectivity index (χ4v) is 3.59. The number of nitrogens with two attached hydrogens (primary N) is 1. The van der Waals surface area contributed by atoms with Gasteiger partial charge in [-0.3, -0.25) is 11.3 Å². The maximum Gasteiger partial charge on any atom is 0.0345 e. The molecular formula is C13H18N2S2. The minimum absolute atomic E-state index is 0.359.